The third-order valence-electron chi connectivity index (χ3n) is 1.90. The minimum atomic E-state index is -1.00. The Balaban J connectivity index is 2.93. The van der Waals surface area contributed by atoms with E-state index in [1.807, 2.05) is 0 Å². The fourth-order valence-corrected chi connectivity index (χ4v) is 1.30. The molecule has 0 amide bonds. The maximum atomic E-state index is 10.8. The van der Waals surface area contributed by atoms with Crippen molar-refractivity contribution in [2.75, 3.05) is 0 Å². The van der Waals surface area contributed by atoms with Crippen molar-refractivity contribution >= 4 is 23.9 Å². The Hall–Kier alpha value is -1.35. The van der Waals surface area contributed by atoms with Gasteiger partial charge in [0.2, 0.25) is 0 Å². The lowest BCUT2D eigenvalue weighted by atomic mass is 9.97. The molecule has 4 heteroatoms. The number of hydrogen-bond donors (Lipinski definition) is 1. The molecule has 1 unspecified atom stereocenters. The molecule has 1 aromatic carbocycles. The van der Waals surface area contributed by atoms with E-state index in [2.05, 4.69) is 0 Å². The molecule has 0 aliphatic rings. The number of carbonyl (C=O) groups excluding carboxylic acids is 1. The molecule has 0 fully saturated rings. The highest BCUT2D eigenvalue weighted by molar-refractivity contribution is 6.30. The zero-order chi connectivity index (χ0) is 10.6. The zero-order valence-corrected chi connectivity index (χ0v) is 8.07. The van der Waals surface area contributed by atoms with Crippen molar-refractivity contribution in [3.8, 4) is 0 Å². The summed E-state index contributed by atoms with van der Waals surface area (Å²) < 4.78 is 0. The molecule has 0 bridgehead atoms. The topological polar surface area (TPSA) is 54.4 Å². The van der Waals surface area contributed by atoms with E-state index in [0.717, 1.165) is 0 Å². The molecular formula is C10H9ClO3. The molecule has 0 heterocycles. The van der Waals surface area contributed by atoms with Gasteiger partial charge in [-0.05, 0) is 17.7 Å². The average molecular weight is 213 g/mol. The molecule has 1 atom stereocenters. The molecule has 0 aliphatic heterocycles. The maximum Gasteiger partial charge on any atom is 0.311 e. The molecule has 3 nitrogen and oxygen atoms in total. The Kier molecular flexibility index (Phi) is 3.65. The highest BCUT2D eigenvalue weighted by Crippen LogP contribution is 2.20. The van der Waals surface area contributed by atoms with Gasteiger partial charge in [0.1, 0.15) is 6.29 Å². The summed E-state index contributed by atoms with van der Waals surface area (Å²) in [6.07, 6.45) is 0.588. The summed E-state index contributed by atoms with van der Waals surface area (Å²) in [6.45, 7) is 0. The fraction of sp³-hybridized carbons (Fsp3) is 0.200. The number of aldehydes is 1. The summed E-state index contributed by atoms with van der Waals surface area (Å²) in [5.41, 5.74) is 0.592. The molecule has 0 radical (unpaired) electrons. The van der Waals surface area contributed by atoms with Crippen LogP contribution in [0.15, 0.2) is 24.3 Å². The molecule has 1 aromatic rings. The van der Waals surface area contributed by atoms with Gasteiger partial charge in [-0.1, -0.05) is 23.7 Å². The van der Waals surface area contributed by atoms with Crippen LogP contribution in [0, 0.1) is 0 Å². The number of hydrogen-bond acceptors (Lipinski definition) is 2. The van der Waals surface area contributed by atoms with E-state index in [1.165, 1.54) is 0 Å². The second-order valence-corrected chi connectivity index (χ2v) is 3.28. The second kappa shape index (κ2) is 4.77. The highest BCUT2D eigenvalue weighted by Gasteiger charge is 2.18. The summed E-state index contributed by atoms with van der Waals surface area (Å²) in [6, 6.07) is 6.45. The first-order valence-electron chi connectivity index (χ1n) is 4.07. The second-order valence-electron chi connectivity index (χ2n) is 2.84. The lowest BCUT2D eigenvalue weighted by molar-refractivity contribution is -0.139. The SMILES string of the molecule is O=CCC(C(=O)O)c1ccc(Cl)cc1. The summed E-state index contributed by atoms with van der Waals surface area (Å²) in [5.74, 6) is -1.77. The van der Waals surface area contributed by atoms with Gasteiger partial charge in [0, 0.05) is 11.4 Å². The zero-order valence-electron chi connectivity index (χ0n) is 7.31. The minimum absolute atomic E-state index is 0.0169. The molecule has 0 saturated carbocycles. The third-order valence-corrected chi connectivity index (χ3v) is 2.15. The van der Waals surface area contributed by atoms with Gasteiger partial charge in [-0.25, -0.2) is 0 Å². The predicted octanol–water partition coefficient (Wildman–Crippen LogP) is 2.10. The van der Waals surface area contributed by atoms with Crippen molar-refractivity contribution in [3.63, 3.8) is 0 Å². The molecule has 0 spiro atoms. The van der Waals surface area contributed by atoms with Gasteiger partial charge in [-0.2, -0.15) is 0 Å². The molecular weight excluding hydrogens is 204 g/mol. The number of aliphatic carboxylic acids is 1. The minimum Gasteiger partial charge on any atom is -0.481 e. The molecule has 0 aliphatic carbocycles. The fourth-order valence-electron chi connectivity index (χ4n) is 1.17. The summed E-state index contributed by atoms with van der Waals surface area (Å²) in [7, 11) is 0. The van der Waals surface area contributed by atoms with Crippen molar-refractivity contribution in [1.82, 2.24) is 0 Å². The van der Waals surface area contributed by atoms with Crippen LogP contribution >= 0.6 is 11.6 Å². The van der Waals surface area contributed by atoms with E-state index in [1.54, 1.807) is 24.3 Å². The quantitative estimate of drug-likeness (QED) is 0.778. The Bertz CT molecular complexity index is 332. The first kappa shape index (κ1) is 10.7. The Morgan fingerprint density at radius 1 is 1.43 bits per heavy atom. The van der Waals surface area contributed by atoms with Gasteiger partial charge in [0.15, 0.2) is 0 Å². The molecule has 1 N–H and O–H groups in total. The van der Waals surface area contributed by atoms with Crippen molar-refractivity contribution in [2.24, 2.45) is 0 Å². The van der Waals surface area contributed by atoms with Crippen molar-refractivity contribution < 1.29 is 14.7 Å². The van der Waals surface area contributed by atoms with Crippen molar-refractivity contribution in [3.05, 3.63) is 34.9 Å². The van der Waals surface area contributed by atoms with Crippen LogP contribution in [0.1, 0.15) is 17.9 Å². The standard InChI is InChI=1S/C10H9ClO3/c11-8-3-1-7(2-4-8)9(5-6-12)10(13)14/h1-4,6,9H,5H2,(H,13,14). The Labute approximate surface area is 86.3 Å². The lowest BCUT2D eigenvalue weighted by Gasteiger charge is -2.08. The Morgan fingerprint density at radius 3 is 2.43 bits per heavy atom. The summed E-state index contributed by atoms with van der Waals surface area (Å²) >= 11 is 5.66. The first-order valence-corrected chi connectivity index (χ1v) is 4.45. The van der Waals surface area contributed by atoms with E-state index in [4.69, 9.17) is 16.7 Å². The number of carboxylic acid groups (broad SMARTS) is 1. The molecule has 14 heavy (non-hydrogen) atoms. The van der Waals surface area contributed by atoms with E-state index in [0.29, 0.717) is 16.9 Å². The number of benzene rings is 1. The lowest BCUT2D eigenvalue weighted by Crippen LogP contribution is -2.11. The predicted molar refractivity (Wildman–Crippen MR) is 52.5 cm³/mol. The van der Waals surface area contributed by atoms with Crippen molar-refractivity contribution in [1.29, 1.82) is 0 Å². The summed E-state index contributed by atoms with van der Waals surface area (Å²) in [4.78, 5) is 21.1. The van der Waals surface area contributed by atoms with E-state index in [-0.39, 0.29) is 6.42 Å². The van der Waals surface area contributed by atoms with E-state index >= 15 is 0 Å². The van der Waals surface area contributed by atoms with Crippen LogP contribution in [0.4, 0.5) is 0 Å². The third kappa shape index (κ3) is 2.57. The van der Waals surface area contributed by atoms with Crippen LogP contribution in [0.5, 0.6) is 0 Å². The van der Waals surface area contributed by atoms with Crippen molar-refractivity contribution in [2.45, 2.75) is 12.3 Å². The first-order chi connectivity index (χ1) is 6.65. The van der Waals surface area contributed by atoms with Gasteiger partial charge in [-0.15, -0.1) is 0 Å². The van der Waals surface area contributed by atoms with Gasteiger partial charge < -0.3 is 9.90 Å². The van der Waals surface area contributed by atoms with Crippen LogP contribution in [0.2, 0.25) is 5.02 Å². The molecule has 74 valence electrons. The van der Waals surface area contributed by atoms with Crippen LogP contribution in [-0.4, -0.2) is 17.4 Å². The maximum absolute atomic E-state index is 10.8. The number of halogens is 1. The van der Waals surface area contributed by atoms with Crippen LogP contribution < -0.4 is 0 Å². The van der Waals surface area contributed by atoms with Gasteiger partial charge in [0.25, 0.3) is 0 Å². The Morgan fingerprint density at radius 2 is 2.00 bits per heavy atom. The monoisotopic (exact) mass is 212 g/mol. The number of carbonyl (C=O) groups is 2. The van der Waals surface area contributed by atoms with Crippen LogP contribution in [0.25, 0.3) is 0 Å². The van der Waals surface area contributed by atoms with Gasteiger partial charge in [-0.3, -0.25) is 4.79 Å². The largest absolute Gasteiger partial charge is 0.481 e. The van der Waals surface area contributed by atoms with E-state index in [9.17, 15) is 9.59 Å². The normalized spacial score (nSPS) is 12.1. The van der Waals surface area contributed by atoms with Crippen LogP contribution in [0.3, 0.4) is 0 Å². The van der Waals surface area contributed by atoms with Crippen LogP contribution in [-0.2, 0) is 9.59 Å². The summed E-state index contributed by atoms with van der Waals surface area (Å²) in [5, 5.41) is 9.38. The number of rotatable bonds is 4. The molecule has 1 rings (SSSR count). The van der Waals surface area contributed by atoms with Gasteiger partial charge >= 0.3 is 5.97 Å². The van der Waals surface area contributed by atoms with Gasteiger partial charge in [0.05, 0.1) is 5.92 Å². The van der Waals surface area contributed by atoms with E-state index < -0.39 is 11.9 Å². The average Bonchev–Trinajstić information content (AvgIpc) is 2.15. The smallest absolute Gasteiger partial charge is 0.311 e. The molecule has 0 aromatic heterocycles. The highest BCUT2D eigenvalue weighted by atomic mass is 35.5. The number of carboxylic acids is 1. The molecule has 0 saturated heterocycles.